The summed E-state index contributed by atoms with van der Waals surface area (Å²) in [5.74, 6) is 0.0847. The van der Waals surface area contributed by atoms with Crippen molar-refractivity contribution >= 4 is 22.8 Å². The van der Waals surface area contributed by atoms with Crippen LogP contribution < -0.4 is 10.1 Å². The summed E-state index contributed by atoms with van der Waals surface area (Å²) in [7, 11) is 1.41. The van der Waals surface area contributed by atoms with E-state index in [9.17, 15) is 9.18 Å². The summed E-state index contributed by atoms with van der Waals surface area (Å²) in [4.78, 5) is 22.4. The molecule has 0 radical (unpaired) electrons. The minimum Gasteiger partial charge on any atom is -0.494 e. The van der Waals surface area contributed by atoms with Crippen LogP contribution in [0.2, 0.25) is 0 Å². The van der Waals surface area contributed by atoms with E-state index in [2.05, 4.69) is 15.3 Å². The number of carbonyl (C=O) groups excluding carboxylic acids is 1. The maximum Gasteiger partial charge on any atom is 0.321 e. The number of urea groups is 1. The van der Waals surface area contributed by atoms with E-state index >= 15 is 0 Å². The minimum atomic E-state index is -0.477. The fraction of sp³-hybridized carbons (Fsp3) is 0.500. The Kier molecular flexibility index (Phi) is 5.69. The van der Waals surface area contributed by atoms with Gasteiger partial charge in [-0.05, 0) is 38.5 Å². The lowest BCUT2D eigenvalue weighted by molar-refractivity contribution is -0.0393. The van der Waals surface area contributed by atoms with Gasteiger partial charge >= 0.3 is 6.03 Å². The predicted octanol–water partition coefficient (Wildman–Crippen LogP) is 4.29. The normalized spacial score (nSPS) is 19.3. The van der Waals surface area contributed by atoms with E-state index in [1.54, 1.807) is 10.9 Å². The van der Waals surface area contributed by atoms with Crippen LogP contribution in [0.25, 0.3) is 22.6 Å². The van der Waals surface area contributed by atoms with E-state index in [1.165, 1.54) is 19.2 Å². The fourth-order valence-corrected chi connectivity index (χ4v) is 4.31. The highest BCUT2D eigenvalue weighted by molar-refractivity contribution is 5.93. The van der Waals surface area contributed by atoms with E-state index in [-0.39, 0.29) is 18.0 Å². The van der Waals surface area contributed by atoms with Crippen LogP contribution in [0.15, 0.2) is 18.3 Å². The molecule has 2 amide bonds. The molecule has 9 nitrogen and oxygen atoms in total. The average Bonchev–Trinajstić information content (AvgIpc) is 3.43. The molecule has 5 rings (SSSR count). The first-order valence-electron chi connectivity index (χ1n) is 11.1. The van der Waals surface area contributed by atoms with E-state index in [0.29, 0.717) is 34.8 Å². The number of carbonyl (C=O) groups is 1. The van der Waals surface area contributed by atoms with Crippen LogP contribution in [-0.2, 0) is 4.74 Å². The molecule has 2 aliphatic heterocycles. The lowest BCUT2D eigenvalue weighted by atomic mass is 10.1. The predicted molar refractivity (Wildman–Crippen MR) is 117 cm³/mol. The Morgan fingerprint density at radius 1 is 1.25 bits per heavy atom. The van der Waals surface area contributed by atoms with Gasteiger partial charge in [0.1, 0.15) is 6.23 Å². The monoisotopic (exact) mass is 442 g/mol. The third kappa shape index (κ3) is 4.02. The second-order valence-electron chi connectivity index (χ2n) is 8.26. The van der Waals surface area contributed by atoms with Crippen molar-refractivity contribution in [3.8, 4) is 17.3 Å². The maximum absolute atomic E-state index is 14.2. The number of anilines is 1. The SMILES string of the molecule is COc1cc2nc(-c3nn(C4CCCCO4)cc3NC(=O)N3CCCCC3)[nH]c2cc1F. The second-order valence-corrected chi connectivity index (χ2v) is 8.26. The van der Waals surface area contributed by atoms with Crippen LogP contribution in [0.5, 0.6) is 5.75 Å². The van der Waals surface area contributed by atoms with Gasteiger partial charge in [-0.3, -0.25) is 0 Å². The molecule has 0 aliphatic carbocycles. The topological polar surface area (TPSA) is 97.3 Å². The number of methoxy groups -OCH3 is 1. The molecule has 2 aliphatic rings. The number of hydrogen-bond acceptors (Lipinski definition) is 5. The zero-order chi connectivity index (χ0) is 22.1. The molecule has 10 heteroatoms. The summed E-state index contributed by atoms with van der Waals surface area (Å²) in [6, 6.07) is 2.73. The van der Waals surface area contributed by atoms with Crippen molar-refractivity contribution in [2.75, 3.05) is 32.1 Å². The van der Waals surface area contributed by atoms with E-state index in [0.717, 1.165) is 51.6 Å². The van der Waals surface area contributed by atoms with E-state index in [1.807, 2.05) is 4.90 Å². The van der Waals surface area contributed by atoms with Crippen molar-refractivity contribution < 1.29 is 18.7 Å². The van der Waals surface area contributed by atoms with E-state index < -0.39 is 5.82 Å². The first-order chi connectivity index (χ1) is 15.6. The van der Waals surface area contributed by atoms with Gasteiger partial charge in [-0.2, -0.15) is 5.10 Å². The number of ether oxygens (including phenoxy) is 2. The molecule has 0 spiro atoms. The lowest BCUT2D eigenvalue weighted by Crippen LogP contribution is -2.38. The van der Waals surface area contributed by atoms with Gasteiger partial charge in [0.2, 0.25) is 0 Å². The van der Waals surface area contributed by atoms with Gasteiger partial charge in [0.15, 0.2) is 23.1 Å². The molecule has 2 fully saturated rings. The molecule has 32 heavy (non-hydrogen) atoms. The summed E-state index contributed by atoms with van der Waals surface area (Å²) in [5, 5.41) is 7.71. The molecule has 3 aromatic rings. The van der Waals surface area contributed by atoms with Crippen molar-refractivity contribution in [1.82, 2.24) is 24.6 Å². The Labute approximate surface area is 184 Å². The van der Waals surface area contributed by atoms with Crippen LogP contribution in [0.4, 0.5) is 14.9 Å². The lowest BCUT2D eigenvalue weighted by Gasteiger charge is -2.26. The molecule has 4 heterocycles. The number of halogens is 1. The van der Waals surface area contributed by atoms with Crippen molar-refractivity contribution in [3.05, 3.63) is 24.1 Å². The molecule has 1 aromatic carbocycles. The Morgan fingerprint density at radius 3 is 2.84 bits per heavy atom. The van der Waals surface area contributed by atoms with Crippen LogP contribution in [0, 0.1) is 5.82 Å². The number of rotatable bonds is 4. The number of fused-ring (bicyclic) bond motifs is 1. The third-order valence-electron chi connectivity index (χ3n) is 6.05. The summed E-state index contributed by atoms with van der Waals surface area (Å²) in [6.07, 6.45) is 7.69. The summed E-state index contributed by atoms with van der Waals surface area (Å²) in [6.45, 7) is 2.16. The molecule has 1 unspecified atom stereocenters. The molecule has 0 saturated carbocycles. The number of imidazole rings is 1. The standard InChI is InChI=1S/C22H27FN6O3/c1-31-18-12-16-15(11-14(18)23)24-21(25-16)20-17(26-22(30)28-8-4-2-5-9-28)13-29(27-20)19-7-3-6-10-32-19/h11-13,19H,2-10H2,1H3,(H,24,25)(H,26,30). The highest BCUT2D eigenvalue weighted by atomic mass is 19.1. The number of likely N-dealkylation sites (tertiary alicyclic amines) is 1. The highest BCUT2D eigenvalue weighted by Gasteiger charge is 2.25. The number of H-pyrrole nitrogens is 1. The molecule has 0 bridgehead atoms. The minimum absolute atomic E-state index is 0.121. The number of aromatic nitrogens is 4. The Balaban J connectivity index is 1.51. The van der Waals surface area contributed by atoms with Crippen molar-refractivity contribution in [2.24, 2.45) is 0 Å². The van der Waals surface area contributed by atoms with Crippen molar-refractivity contribution in [3.63, 3.8) is 0 Å². The van der Waals surface area contributed by atoms with Gasteiger partial charge in [-0.25, -0.2) is 18.9 Å². The van der Waals surface area contributed by atoms with Gasteiger partial charge in [0.05, 0.1) is 30.0 Å². The number of benzene rings is 1. The van der Waals surface area contributed by atoms with Crippen molar-refractivity contribution in [2.45, 2.75) is 44.8 Å². The number of nitrogens with one attached hydrogen (secondary N) is 2. The number of amides is 2. The highest BCUT2D eigenvalue weighted by Crippen LogP contribution is 2.32. The van der Waals surface area contributed by atoms with Crippen LogP contribution in [0.3, 0.4) is 0 Å². The van der Waals surface area contributed by atoms with Gasteiger partial charge in [-0.1, -0.05) is 0 Å². The Bertz CT molecular complexity index is 1110. The Morgan fingerprint density at radius 2 is 2.09 bits per heavy atom. The van der Waals surface area contributed by atoms with Crippen LogP contribution >= 0.6 is 0 Å². The Hall–Kier alpha value is -3.14. The average molecular weight is 442 g/mol. The quantitative estimate of drug-likeness (QED) is 0.628. The molecular weight excluding hydrogens is 415 g/mol. The van der Waals surface area contributed by atoms with Gasteiger partial charge in [0.25, 0.3) is 0 Å². The summed E-state index contributed by atoms with van der Waals surface area (Å²) < 4.78 is 26.9. The van der Waals surface area contributed by atoms with Crippen molar-refractivity contribution in [1.29, 1.82) is 0 Å². The molecular formula is C22H27FN6O3. The molecule has 2 saturated heterocycles. The number of nitrogens with zero attached hydrogens (tertiary/aromatic N) is 4. The summed E-state index contributed by atoms with van der Waals surface area (Å²) >= 11 is 0. The number of hydrogen-bond donors (Lipinski definition) is 2. The smallest absolute Gasteiger partial charge is 0.321 e. The zero-order valence-corrected chi connectivity index (χ0v) is 18.1. The molecule has 170 valence electrons. The molecule has 1 atom stereocenters. The largest absolute Gasteiger partial charge is 0.494 e. The number of aromatic amines is 1. The van der Waals surface area contributed by atoms with Gasteiger partial charge in [0, 0.05) is 31.8 Å². The zero-order valence-electron chi connectivity index (χ0n) is 18.1. The van der Waals surface area contributed by atoms with E-state index in [4.69, 9.17) is 14.6 Å². The number of piperidine rings is 1. The van der Waals surface area contributed by atoms with Crippen LogP contribution in [0.1, 0.15) is 44.8 Å². The fourth-order valence-electron chi connectivity index (χ4n) is 4.31. The van der Waals surface area contributed by atoms with Gasteiger partial charge in [-0.15, -0.1) is 0 Å². The second kappa shape index (κ2) is 8.78. The van der Waals surface area contributed by atoms with Crippen LogP contribution in [-0.4, -0.2) is 57.5 Å². The first-order valence-corrected chi connectivity index (χ1v) is 11.1. The first kappa shape index (κ1) is 20.7. The maximum atomic E-state index is 14.2. The molecule has 2 aromatic heterocycles. The molecule has 2 N–H and O–H groups in total. The third-order valence-corrected chi connectivity index (χ3v) is 6.05. The summed E-state index contributed by atoms with van der Waals surface area (Å²) in [5.41, 5.74) is 2.10. The van der Waals surface area contributed by atoms with Gasteiger partial charge < -0.3 is 24.7 Å².